The number of imidazole rings is 1. The fourth-order valence-corrected chi connectivity index (χ4v) is 4.19. The quantitative estimate of drug-likeness (QED) is 0.438. The molecule has 0 unspecified atom stereocenters. The Hall–Kier alpha value is -4.08. The Labute approximate surface area is 179 Å². The standard InChI is InChI=1S/C22H16F2N6O2/c23-20(24)16-12-5-1-2-7-15(12)31-19(16)18-17-13(26-11-27-17)8-10-30(18)22-29-28-21(32-22)14-6-3-4-9-25-14/h1-7,9,11,18,20H,8,10H2,(H,26,27)/t18-/m0/s1. The molecule has 1 aliphatic heterocycles. The molecule has 0 saturated carbocycles. The van der Waals surface area contributed by atoms with Crippen LogP contribution in [0.5, 0.6) is 0 Å². The lowest BCUT2D eigenvalue weighted by Crippen LogP contribution is -2.37. The van der Waals surface area contributed by atoms with Crippen molar-refractivity contribution in [2.45, 2.75) is 18.9 Å². The van der Waals surface area contributed by atoms with Crippen molar-refractivity contribution in [1.82, 2.24) is 25.1 Å². The number of hydrogen-bond donors (Lipinski definition) is 1. The van der Waals surface area contributed by atoms with Gasteiger partial charge in [0.1, 0.15) is 23.1 Å². The number of rotatable bonds is 4. The van der Waals surface area contributed by atoms with Gasteiger partial charge in [0.2, 0.25) is 0 Å². The van der Waals surface area contributed by atoms with Gasteiger partial charge in [-0.05, 0) is 18.2 Å². The molecule has 1 N–H and O–H groups in total. The number of pyridine rings is 1. The first-order chi connectivity index (χ1) is 15.7. The third-order valence-corrected chi connectivity index (χ3v) is 5.60. The summed E-state index contributed by atoms with van der Waals surface area (Å²) >= 11 is 0. The van der Waals surface area contributed by atoms with Crippen molar-refractivity contribution < 1.29 is 17.6 Å². The van der Waals surface area contributed by atoms with Crippen molar-refractivity contribution in [3.63, 3.8) is 0 Å². The van der Waals surface area contributed by atoms with Crippen molar-refractivity contribution in [2.24, 2.45) is 0 Å². The van der Waals surface area contributed by atoms with Crippen molar-refractivity contribution in [1.29, 1.82) is 0 Å². The summed E-state index contributed by atoms with van der Waals surface area (Å²) in [6, 6.07) is 11.6. The number of furan rings is 1. The largest absolute Gasteiger partial charge is 0.458 e. The van der Waals surface area contributed by atoms with E-state index in [-0.39, 0.29) is 23.2 Å². The summed E-state index contributed by atoms with van der Waals surface area (Å²) in [7, 11) is 0. The second kappa shape index (κ2) is 7.26. The molecule has 0 amide bonds. The number of nitrogens with zero attached hydrogens (tertiary/aromatic N) is 5. The Balaban J connectivity index is 1.51. The maximum absolute atomic E-state index is 14.2. The first-order valence-electron chi connectivity index (χ1n) is 10.0. The van der Waals surface area contributed by atoms with Gasteiger partial charge in [-0.2, -0.15) is 0 Å². The van der Waals surface area contributed by atoms with Crippen LogP contribution in [0.4, 0.5) is 14.8 Å². The van der Waals surface area contributed by atoms with Crippen LogP contribution in [0.3, 0.4) is 0 Å². The van der Waals surface area contributed by atoms with Crippen molar-refractivity contribution in [2.75, 3.05) is 11.4 Å². The lowest BCUT2D eigenvalue weighted by atomic mass is 9.97. The molecular weight excluding hydrogens is 418 g/mol. The number of anilines is 1. The van der Waals surface area contributed by atoms with E-state index in [1.807, 2.05) is 6.07 Å². The lowest BCUT2D eigenvalue weighted by molar-refractivity contribution is 0.149. The summed E-state index contributed by atoms with van der Waals surface area (Å²) in [5.74, 6) is 0.359. The van der Waals surface area contributed by atoms with Crippen LogP contribution in [0, 0.1) is 0 Å². The Kier molecular flexibility index (Phi) is 4.23. The number of halogens is 2. The van der Waals surface area contributed by atoms with Gasteiger partial charge in [-0.1, -0.05) is 29.4 Å². The molecule has 0 spiro atoms. The highest BCUT2D eigenvalue weighted by Crippen LogP contribution is 2.44. The smallest absolute Gasteiger partial charge is 0.319 e. The summed E-state index contributed by atoms with van der Waals surface area (Å²) < 4.78 is 40.4. The average molecular weight is 434 g/mol. The van der Waals surface area contributed by atoms with Gasteiger partial charge in [-0.15, -0.1) is 5.10 Å². The maximum atomic E-state index is 14.2. The van der Waals surface area contributed by atoms with Gasteiger partial charge in [0.05, 0.1) is 17.6 Å². The van der Waals surface area contributed by atoms with Gasteiger partial charge in [-0.3, -0.25) is 4.98 Å². The monoisotopic (exact) mass is 434 g/mol. The van der Waals surface area contributed by atoms with Crippen LogP contribution >= 0.6 is 0 Å². The van der Waals surface area contributed by atoms with E-state index >= 15 is 0 Å². The average Bonchev–Trinajstić information content (AvgIpc) is 3.56. The molecule has 5 heterocycles. The highest BCUT2D eigenvalue weighted by Gasteiger charge is 2.40. The molecule has 0 saturated heterocycles. The summed E-state index contributed by atoms with van der Waals surface area (Å²) in [6.07, 6.45) is 1.06. The van der Waals surface area contributed by atoms with E-state index in [9.17, 15) is 8.78 Å². The highest BCUT2D eigenvalue weighted by atomic mass is 19.3. The zero-order chi connectivity index (χ0) is 21.7. The molecule has 1 aliphatic rings. The molecule has 4 aromatic heterocycles. The number of aromatic nitrogens is 5. The van der Waals surface area contributed by atoms with Gasteiger partial charge < -0.3 is 18.7 Å². The summed E-state index contributed by atoms with van der Waals surface area (Å²) in [5, 5.41) is 8.66. The van der Waals surface area contributed by atoms with E-state index in [1.165, 1.54) is 0 Å². The number of hydrogen-bond acceptors (Lipinski definition) is 7. The lowest BCUT2D eigenvalue weighted by Gasteiger charge is -2.32. The van der Waals surface area contributed by atoms with Crippen molar-refractivity contribution in [3.8, 4) is 11.6 Å². The van der Waals surface area contributed by atoms with Crippen LogP contribution in [-0.4, -0.2) is 31.7 Å². The minimum absolute atomic E-state index is 0.117. The highest BCUT2D eigenvalue weighted by molar-refractivity contribution is 5.83. The van der Waals surface area contributed by atoms with E-state index in [2.05, 4.69) is 25.1 Å². The SMILES string of the molecule is FC(F)c1c([C@@H]2c3nc[nH]c3CCN2c2nnc(-c3ccccn3)o2)oc2ccccc12. The van der Waals surface area contributed by atoms with E-state index in [0.29, 0.717) is 35.3 Å². The van der Waals surface area contributed by atoms with Crippen LogP contribution in [0.1, 0.15) is 35.2 Å². The van der Waals surface area contributed by atoms with Gasteiger partial charge in [-0.25, -0.2) is 13.8 Å². The minimum atomic E-state index is -2.73. The molecule has 0 aliphatic carbocycles. The topological polar surface area (TPSA) is 96.9 Å². The number of fused-ring (bicyclic) bond motifs is 2. The molecule has 0 radical (unpaired) electrons. The zero-order valence-electron chi connectivity index (χ0n) is 16.6. The zero-order valence-corrected chi connectivity index (χ0v) is 16.6. The molecule has 5 aromatic rings. The third-order valence-electron chi connectivity index (χ3n) is 5.60. The maximum Gasteiger partial charge on any atom is 0.319 e. The van der Waals surface area contributed by atoms with Crippen LogP contribution < -0.4 is 4.90 Å². The molecule has 6 rings (SSSR count). The summed E-state index contributed by atoms with van der Waals surface area (Å²) in [5.41, 5.74) is 2.21. The Bertz CT molecular complexity index is 1390. The molecule has 32 heavy (non-hydrogen) atoms. The number of benzene rings is 1. The van der Waals surface area contributed by atoms with E-state index in [4.69, 9.17) is 8.83 Å². The minimum Gasteiger partial charge on any atom is -0.458 e. The second-order valence-corrected chi connectivity index (χ2v) is 7.39. The predicted octanol–water partition coefficient (Wildman–Crippen LogP) is 4.69. The van der Waals surface area contributed by atoms with E-state index < -0.39 is 12.5 Å². The van der Waals surface area contributed by atoms with Crippen molar-refractivity contribution >= 4 is 17.0 Å². The molecule has 0 fully saturated rings. The Morgan fingerprint density at radius 1 is 1.03 bits per heavy atom. The molecule has 0 bridgehead atoms. The molecule has 160 valence electrons. The molecule has 10 heteroatoms. The fourth-order valence-electron chi connectivity index (χ4n) is 4.19. The number of alkyl halides is 2. The van der Waals surface area contributed by atoms with Gasteiger partial charge >= 0.3 is 6.01 Å². The van der Waals surface area contributed by atoms with Crippen LogP contribution in [0.2, 0.25) is 0 Å². The number of H-pyrrole nitrogens is 1. The molecular formula is C22H16F2N6O2. The van der Waals surface area contributed by atoms with Gasteiger partial charge in [0.15, 0.2) is 0 Å². The van der Waals surface area contributed by atoms with Crippen molar-refractivity contribution in [3.05, 3.63) is 77.7 Å². The number of para-hydroxylation sites is 1. The number of aromatic amines is 1. The summed E-state index contributed by atoms with van der Waals surface area (Å²) in [6.45, 7) is 0.448. The van der Waals surface area contributed by atoms with E-state index in [0.717, 1.165) is 5.69 Å². The van der Waals surface area contributed by atoms with E-state index in [1.54, 1.807) is 53.8 Å². The molecule has 1 aromatic carbocycles. The first kappa shape index (κ1) is 18.7. The molecule has 1 atom stereocenters. The third kappa shape index (κ3) is 2.87. The second-order valence-electron chi connectivity index (χ2n) is 7.39. The first-order valence-corrected chi connectivity index (χ1v) is 10.0. The van der Waals surface area contributed by atoms with Gasteiger partial charge in [0.25, 0.3) is 12.3 Å². The van der Waals surface area contributed by atoms with Crippen LogP contribution in [0.15, 0.2) is 63.8 Å². The van der Waals surface area contributed by atoms with Crippen LogP contribution in [-0.2, 0) is 6.42 Å². The van der Waals surface area contributed by atoms with Crippen LogP contribution in [0.25, 0.3) is 22.6 Å². The normalized spacial score (nSPS) is 16.1. The molecule has 8 nitrogen and oxygen atoms in total. The number of nitrogens with one attached hydrogen (secondary N) is 1. The Morgan fingerprint density at radius 3 is 2.75 bits per heavy atom. The van der Waals surface area contributed by atoms with Gasteiger partial charge in [0, 0.05) is 30.2 Å². The predicted molar refractivity (Wildman–Crippen MR) is 110 cm³/mol. The summed E-state index contributed by atoms with van der Waals surface area (Å²) in [4.78, 5) is 13.5. The fraction of sp³-hybridized carbons (Fsp3) is 0.182. The Morgan fingerprint density at radius 2 is 1.91 bits per heavy atom.